The van der Waals surface area contributed by atoms with Crippen LogP contribution in [0.15, 0.2) is 210 Å². The van der Waals surface area contributed by atoms with Gasteiger partial charge < -0.3 is 14.2 Å². The van der Waals surface area contributed by atoms with Gasteiger partial charge in [0.2, 0.25) is 0 Å². The molecule has 0 aliphatic heterocycles. The lowest BCUT2D eigenvalue weighted by Gasteiger charge is -2.26. The van der Waals surface area contributed by atoms with Crippen LogP contribution < -0.4 is 25.6 Å². The van der Waals surface area contributed by atoms with Crippen LogP contribution in [-0.2, 0) is 21.1 Å². The summed E-state index contributed by atoms with van der Waals surface area (Å²) in [6.07, 6.45) is 21.7. The van der Waals surface area contributed by atoms with Crippen LogP contribution in [0.25, 0.3) is 88.3 Å². The van der Waals surface area contributed by atoms with E-state index in [0.717, 1.165) is 109 Å². The second-order valence-electron chi connectivity index (χ2n) is 21.9. The quantitative estimate of drug-likeness (QED) is 0.149. The van der Waals surface area contributed by atoms with E-state index >= 15 is 0 Å². The molecule has 7 heteroatoms. The first-order valence-corrected chi connectivity index (χ1v) is 27.2. The molecule has 3 nitrogen and oxygen atoms in total. The molecule has 0 fully saturated rings. The maximum Gasteiger partial charge on any atom is 0.416 e. The van der Waals surface area contributed by atoms with Gasteiger partial charge in [-0.2, -0.15) is 13.2 Å². The Bertz CT molecular complexity index is 4170. The van der Waals surface area contributed by atoms with Crippen molar-refractivity contribution in [3.63, 3.8) is 0 Å². The predicted molar refractivity (Wildman–Crippen MR) is 323 cm³/mol. The summed E-state index contributed by atoms with van der Waals surface area (Å²) < 4.78 is 61.9. The largest absolute Gasteiger partial charge is 0.501 e. The molecule has 0 radical (unpaired) electrons. The monoisotopic (exact) mass is 1070 g/mol. The first kappa shape index (κ1) is 53.0. The van der Waals surface area contributed by atoms with Crippen molar-refractivity contribution in [3.8, 4) is 50.3 Å². The Kier molecular flexibility index (Phi) is 14.3. The van der Waals surface area contributed by atoms with Crippen LogP contribution in [0.4, 0.5) is 13.2 Å². The average Bonchev–Trinajstić information content (AvgIpc) is 3.33. The van der Waals surface area contributed by atoms with Gasteiger partial charge in [0.05, 0.1) is 26.9 Å². The van der Waals surface area contributed by atoms with Crippen molar-refractivity contribution in [1.29, 1.82) is 0 Å². The van der Waals surface area contributed by atoms with Gasteiger partial charge in [0, 0.05) is 17.5 Å². The molecule has 0 unspecified atom stereocenters. The van der Waals surface area contributed by atoms with Gasteiger partial charge in [-0.25, -0.2) is 0 Å². The molecule has 7 aromatic carbocycles. The van der Waals surface area contributed by atoms with E-state index in [1.165, 1.54) is 28.8 Å². The van der Waals surface area contributed by atoms with E-state index < -0.39 is 11.7 Å². The summed E-state index contributed by atoms with van der Waals surface area (Å²) in [6, 6.07) is 37.8. The standard InChI is InChI=1S/C72H62ClF3O3/c1-43-17-19-49(20-18-43)69-65(48-25-33-55(73)34-26-48)61-41-59-60(42-62(61)66(51-16-12-13-44(2)37-51)70(69)52-38-57(78-7)40-58(39-52)79-8)64(46-21-29-53(30-22-46)71(3,4)5)68(50-27-35-56(77-6)36-28-50)67(45-14-10-9-11-15-45)63(59)47-23-31-54(32-24-47)72(74,75)76/h9-19,21-25,27-36,38,40-42H,20,26,37,39H2,1-8H3. The molecule has 0 saturated carbocycles. The molecule has 0 aromatic heterocycles. The van der Waals surface area contributed by atoms with E-state index in [1.807, 2.05) is 42.5 Å². The van der Waals surface area contributed by atoms with Crippen molar-refractivity contribution < 1.29 is 27.4 Å². The van der Waals surface area contributed by atoms with Crippen LogP contribution in [0.2, 0.25) is 0 Å². The number of hydrogen-bond donors (Lipinski definition) is 0. The number of hydrogen-bond acceptors (Lipinski definition) is 3. The van der Waals surface area contributed by atoms with Crippen molar-refractivity contribution in [3.05, 3.63) is 242 Å². The van der Waals surface area contributed by atoms with Crippen LogP contribution in [0.1, 0.15) is 71.4 Å². The molecular formula is C72H62ClF3O3. The molecule has 0 N–H and O–H groups in total. The topological polar surface area (TPSA) is 27.7 Å². The molecule has 0 bridgehead atoms. The van der Waals surface area contributed by atoms with Gasteiger partial charge in [-0.3, -0.25) is 0 Å². The molecule has 11 rings (SSSR count). The number of alkyl halides is 3. The summed E-state index contributed by atoms with van der Waals surface area (Å²) in [5.74, 6) is 2.18. The zero-order valence-corrected chi connectivity index (χ0v) is 46.6. The van der Waals surface area contributed by atoms with E-state index in [2.05, 4.69) is 150 Å². The summed E-state index contributed by atoms with van der Waals surface area (Å²) in [5, 5.41) is 8.93. The summed E-state index contributed by atoms with van der Waals surface area (Å²) >= 11 is 6.82. The molecule has 79 heavy (non-hydrogen) atoms. The van der Waals surface area contributed by atoms with Crippen LogP contribution in [-0.4, -0.2) is 21.3 Å². The van der Waals surface area contributed by atoms with Crippen molar-refractivity contribution in [2.75, 3.05) is 21.3 Å². The number of allylic oxidation sites excluding steroid dienone is 15. The van der Waals surface area contributed by atoms with Gasteiger partial charge >= 0.3 is 6.18 Å². The average molecular weight is 1070 g/mol. The highest BCUT2D eigenvalue weighted by molar-refractivity contribution is 6.31. The van der Waals surface area contributed by atoms with Crippen molar-refractivity contribution in [2.24, 2.45) is 0 Å². The van der Waals surface area contributed by atoms with E-state index in [9.17, 15) is 13.2 Å². The highest BCUT2D eigenvalue weighted by atomic mass is 35.5. The minimum absolute atomic E-state index is 0.121. The third-order valence-corrected chi connectivity index (χ3v) is 16.1. The molecule has 0 atom stereocenters. The molecule has 0 amide bonds. The summed E-state index contributed by atoms with van der Waals surface area (Å²) in [7, 11) is 5.08. The highest BCUT2D eigenvalue weighted by Crippen LogP contribution is 2.52. The maximum absolute atomic E-state index is 14.6. The Hall–Kier alpha value is -8.06. The first-order valence-electron chi connectivity index (χ1n) is 26.9. The van der Waals surface area contributed by atoms with Crippen LogP contribution in [0.3, 0.4) is 0 Å². The van der Waals surface area contributed by atoms with Crippen LogP contribution in [0, 0.1) is 0 Å². The first-order chi connectivity index (χ1) is 38.0. The number of benzene rings is 7. The smallest absolute Gasteiger partial charge is 0.416 e. The Morgan fingerprint density at radius 3 is 1.56 bits per heavy atom. The fourth-order valence-electron chi connectivity index (χ4n) is 11.8. The van der Waals surface area contributed by atoms with Crippen LogP contribution in [0.5, 0.6) is 5.75 Å². The number of fused-ring (bicyclic) bond motifs is 2. The zero-order chi connectivity index (χ0) is 55.3. The molecule has 396 valence electrons. The van der Waals surface area contributed by atoms with Crippen LogP contribution >= 0.6 is 11.6 Å². The van der Waals surface area contributed by atoms with Crippen molar-refractivity contribution in [2.45, 2.75) is 71.9 Å². The Balaban J connectivity index is 1.50. The van der Waals surface area contributed by atoms with Gasteiger partial charge in [0.25, 0.3) is 0 Å². The third-order valence-electron chi connectivity index (χ3n) is 15.8. The molecular weight excluding hydrogens is 1010 g/mol. The SMILES string of the molecule is COC1=CC(=c2c(=C3C=CC(C)=CC3)c(=C3C=CC(Cl)=CC3)c3cc4c(-c5ccc(C(F)(F)F)cc5)c(-c5ccccc5)c(-c5ccc(OC)cc5)c(-c5ccc(C(C)(C)C)cc5)c4cc3c2=C2C=CC=C(C)C2)CC(OC)=C1. The fraction of sp³-hybridized carbons (Fsp3) is 0.194. The lowest BCUT2D eigenvalue weighted by molar-refractivity contribution is -0.137. The van der Waals surface area contributed by atoms with E-state index in [4.69, 9.17) is 25.8 Å². The van der Waals surface area contributed by atoms with E-state index in [0.29, 0.717) is 47.8 Å². The van der Waals surface area contributed by atoms with Gasteiger partial charge in [0.15, 0.2) is 0 Å². The van der Waals surface area contributed by atoms with E-state index in [1.54, 1.807) is 33.5 Å². The molecule has 4 aliphatic rings. The molecule has 7 aromatic rings. The predicted octanol–water partition coefficient (Wildman–Crippen LogP) is 16.9. The normalized spacial score (nSPS) is 18.5. The molecule has 0 spiro atoms. The van der Waals surface area contributed by atoms with Gasteiger partial charge in [-0.15, -0.1) is 0 Å². The highest BCUT2D eigenvalue weighted by Gasteiger charge is 2.32. The van der Waals surface area contributed by atoms with Gasteiger partial charge in [0.1, 0.15) is 17.3 Å². The Morgan fingerprint density at radius 2 is 1.03 bits per heavy atom. The van der Waals surface area contributed by atoms with Gasteiger partial charge in [-0.1, -0.05) is 171 Å². The third kappa shape index (κ3) is 10.2. The number of ether oxygens (including phenoxy) is 3. The van der Waals surface area contributed by atoms with Crippen molar-refractivity contribution >= 4 is 55.4 Å². The number of methoxy groups -OCH3 is 3. The zero-order valence-electron chi connectivity index (χ0n) is 45.9. The van der Waals surface area contributed by atoms with Crippen molar-refractivity contribution in [1.82, 2.24) is 0 Å². The second kappa shape index (κ2) is 21.3. The summed E-state index contributed by atoms with van der Waals surface area (Å²) in [6.45, 7) is 11.0. The Morgan fingerprint density at radius 1 is 0.481 bits per heavy atom. The second-order valence-corrected chi connectivity index (χ2v) is 22.4. The minimum atomic E-state index is -4.54. The number of halogens is 4. The Labute approximate surface area is 465 Å². The lowest BCUT2D eigenvalue weighted by Crippen LogP contribution is -2.53. The fourth-order valence-corrected chi connectivity index (χ4v) is 11.9. The summed E-state index contributed by atoms with van der Waals surface area (Å²) in [5.41, 5.74) is 14.4. The maximum atomic E-state index is 14.6. The van der Waals surface area contributed by atoms with E-state index in [-0.39, 0.29) is 5.41 Å². The minimum Gasteiger partial charge on any atom is -0.501 e. The lowest BCUT2D eigenvalue weighted by atomic mass is 9.77. The summed E-state index contributed by atoms with van der Waals surface area (Å²) in [4.78, 5) is 0. The van der Waals surface area contributed by atoms with Gasteiger partial charge in [-0.05, 0) is 202 Å². The molecule has 0 saturated heterocycles. The molecule has 0 heterocycles. The molecule has 4 aliphatic carbocycles. The number of rotatable bonds is 7.